The molecule has 2 heterocycles. The largest absolute Gasteiger partial charge is 0.370 e. The number of nitrogens with two attached hydrogens (primary N) is 1. The van der Waals surface area contributed by atoms with Crippen LogP contribution < -0.4 is 15.4 Å². The van der Waals surface area contributed by atoms with Gasteiger partial charge in [-0.25, -0.2) is 23.5 Å². The summed E-state index contributed by atoms with van der Waals surface area (Å²) in [4.78, 5) is 11.0. The van der Waals surface area contributed by atoms with Gasteiger partial charge in [0.1, 0.15) is 18.0 Å². The summed E-state index contributed by atoms with van der Waals surface area (Å²) in [7, 11) is -3.65. The van der Waals surface area contributed by atoms with Crippen LogP contribution in [0, 0.1) is 0 Å². The Morgan fingerprint density at radius 3 is 2.64 bits per heavy atom. The summed E-state index contributed by atoms with van der Waals surface area (Å²) in [6.45, 7) is 1.58. The zero-order valence-corrected chi connectivity index (χ0v) is 16.1. The fraction of sp³-hybridized carbons (Fsp3) is 0.200. The number of hydrogen-bond donors (Lipinski definition) is 2. The van der Waals surface area contributed by atoms with Gasteiger partial charge in [-0.05, 0) is 42.2 Å². The predicted molar refractivity (Wildman–Crippen MR) is 109 cm³/mol. The van der Waals surface area contributed by atoms with E-state index in [-0.39, 0.29) is 4.90 Å². The van der Waals surface area contributed by atoms with Crippen LogP contribution in [0.2, 0.25) is 0 Å². The highest BCUT2D eigenvalue weighted by atomic mass is 32.2. The number of fused-ring (bicyclic) bond motifs is 1. The fourth-order valence-corrected chi connectivity index (χ4v) is 3.86. The van der Waals surface area contributed by atoms with Crippen molar-refractivity contribution in [2.45, 2.75) is 17.7 Å². The number of aromatic nitrogens is 2. The summed E-state index contributed by atoms with van der Waals surface area (Å²) < 4.78 is 22.6. The van der Waals surface area contributed by atoms with Crippen LogP contribution in [0.5, 0.6) is 0 Å². The first kappa shape index (κ1) is 18.4. The van der Waals surface area contributed by atoms with Crippen molar-refractivity contribution in [2.75, 3.05) is 23.3 Å². The van der Waals surface area contributed by atoms with Gasteiger partial charge >= 0.3 is 0 Å². The third-order valence-corrected chi connectivity index (χ3v) is 5.72. The molecule has 2 aromatic carbocycles. The molecule has 144 valence electrons. The molecule has 0 bridgehead atoms. The number of nitrogens with zero attached hydrogens (tertiary/aromatic N) is 3. The Hall–Kier alpha value is -2.97. The highest BCUT2D eigenvalue weighted by Crippen LogP contribution is 2.33. The van der Waals surface area contributed by atoms with E-state index in [2.05, 4.69) is 38.4 Å². The highest BCUT2D eigenvalue weighted by molar-refractivity contribution is 7.89. The van der Waals surface area contributed by atoms with E-state index in [1.54, 1.807) is 18.5 Å². The number of benzene rings is 2. The van der Waals surface area contributed by atoms with Gasteiger partial charge in [0.2, 0.25) is 10.0 Å². The lowest BCUT2D eigenvalue weighted by Crippen LogP contribution is -2.16. The molecule has 0 fully saturated rings. The van der Waals surface area contributed by atoms with Gasteiger partial charge in [-0.3, -0.25) is 0 Å². The van der Waals surface area contributed by atoms with E-state index in [0.29, 0.717) is 6.54 Å². The van der Waals surface area contributed by atoms with Crippen LogP contribution in [0.3, 0.4) is 0 Å². The first-order valence-corrected chi connectivity index (χ1v) is 10.6. The normalized spacial score (nSPS) is 13.4. The van der Waals surface area contributed by atoms with Crippen LogP contribution in [-0.4, -0.2) is 31.5 Å². The van der Waals surface area contributed by atoms with Crippen LogP contribution in [0.1, 0.15) is 11.1 Å². The lowest BCUT2D eigenvalue weighted by molar-refractivity contribution is 0.598. The van der Waals surface area contributed by atoms with Crippen molar-refractivity contribution in [3.05, 3.63) is 72.1 Å². The molecule has 0 aliphatic carbocycles. The summed E-state index contributed by atoms with van der Waals surface area (Å²) >= 11 is 0. The van der Waals surface area contributed by atoms with Gasteiger partial charge < -0.3 is 10.2 Å². The van der Waals surface area contributed by atoms with E-state index in [1.807, 2.05) is 12.1 Å². The lowest BCUT2D eigenvalue weighted by atomic mass is 10.1. The van der Waals surface area contributed by atoms with E-state index >= 15 is 0 Å². The number of nitrogens with one attached hydrogen (secondary N) is 1. The van der Waals surface area contributed by atoms with E-state index in [1.165, 1.54) is 23.4 Å². The third-order valence-electron chi connectivity index (χ3n) is 4.79. The summed E-state index contributed by atoms with van der Waals surface area (Å²) in [6, 6.07) is 16.9. The number of rotatable bonds is 6. The number of para-hydroxylation sites is 1. The number of anilines is 3. The number of primary sulfonamides is 1. The van der Waals surface area contributed by atoms with Crippen molar-refractivity contribution in [3.63, 3.8) is 0 Å². The molecule has 0 amide bonds. The lowest BCUT2D eigenvalue weighted by Gasteiger charge is -2.18. The molecule has 4 rings (SSSR count). The topological polar surface area (TPSA) is 101 Å². The first-order chi connectivity index (χ1) is 13.5. The number of sulfonamides is 1. The maximum Gasteiger partial charge on any atom is 0.238 e. The van der Waals surface area contributed by atoms with Crippen molar-refractivity contribution in [1.29, 1.82) is 0 Å². The molecule has 3 aromatic rings. The predicted octanol–water partition coefficient (Wildman–Crippen LogP) is 2.47. The van der Waals surface area contributed by atoms with Gasteiger partial charge in [0.25, 0.3) is 0 Å². The second-order valence-corrected chi connectivity index (χ2v) is 8.22. The summed E-state index contributed by atoms with van der Waals surface area (Å²) in [5.41, 5.74) is 3.54. The second-order valence-electron chi connectivity index (χ2n) is 6.66. The quantitative estimate of drug-likeness (QED) is 0.665. The SMILES string of the molecule is NS(=O)(=O)c1ccc(CCNc2cc(N3CCc4ccccc43)ncn2)cc1. The average Bonchev–Trinajstić information content (AvgIpc) is 3.12. The fourth-order valence-electron chi connectivity index (χ4n) is 3.35. The molecule has 8 heteroatoms. The van der Waals surface area contributed by atoms with Crippen LogP contribution >= 0.6 is 0 Å². The molecule has 0 saturated carbocycles. The summed E-state index contributed by atoms with van der Waals surface area (Å²) in [5, 5.41) is 8.43. The van der Waals surface area contributed by atoms with Gasteiger partial charge in [0.05, 0.1) is 4.90 Å². The van der Waals surface area contributed by atoms with Crippen molar-refractivity contribution >= 4 is 27.3 Å². The van der Waals surface area contributed by atoms with E-state index < -0.39 is 10.0 Å². The van der Waals surface area contributed by atoms with Crippen LogP contribution in [0.4, 0.5) is 17.3 Å². The molecule has 0 saturated heterocycles. The minimum atomic E-state index is -3.65. The highest BCUT2D eigenvalue weighted by Gasteiger charge is 2.20. The molecule has 1 aromatic heterocycles. The minimum Gasteiger partial charge on any atom is -0.370 e. The Morgan fingerprint density at radius 1 is 1.07 bits per heavy atom. The first-order valence-electron chi connectivity index (χ1n) is 9.04. The summed E-state index contributed by atoms with van der Waals surface area (Å²) in [6.07, 6.45) is 3.31. The van der Waals surface area contributed by atoms with Crippen LogP contribution in [-0.2, 0) is 22.9 Å². The second kappa shape index (κ2) is 7.57. The number of hydrogen-bond acceptors (Lipinski definition) is 6. The monoisotopic (exact) mass is 395 g/mol. The van der Waals surface area contributed by atoms with Gasteiger partial charge in [-0.1, -0.05) is 30.3 Å². The molecule has 0 spiro atoms. The van der Waals surface area contributed by atoms with E-state index in [4.69, 9.17) is 5.14 Å². The molecule has 1 aliphatic heterocycles. The van der Waals surface area contributed by atoms with Gasteiger partial charge in [0, 0.05) is 24.8 Å². The van der Waals surface area contributed by atoms with E-state index in [0.717, 1.165) is 36.6 Å². The van der Waals surface area contributed by atoms with Crippen molar-refractivity contribution < 1.29 is 8.42 Å². The Balaban J connectivity index is 1.39. The Morgan fingerprint density at radius 2 is 1.86 bits per heavy atom. The molecule has 0 radical (unpaired) electrons. The van der Waals surface area contributed by atoms with Crippen molar-refractivity contribution in [2.24, 2.45) is 5.14 Å². The molecular formula is C20H21N5O2S. The van der Waals surface area contributed by atoms with Crippen LogP contribution in [0.25, 0.3) is 0 Å². The van der Waals surface area contributed by atoms with Crippen LogP contribution in [0.15, 0.2) is 65.8 Å². The van der Waals surface area contributed by atoms with E-state index in [9.17, 15) is 8.42 Å². The Kier molecular flexibility index (Phi) is 4.97. The van der Waals surface area contributed by atoms with Gasteiger partial charge in [-0.2, -0.15) is 0 Å². The summed E-state index contributed by atoms with van der Waals surface area (Å²) in [5.74, 6) is 1.63. The standard InChI is InChI=1S/C20H21N5O2S/c21-28(26,27)17-7-5-15(6-8-17)9-11-22-19-13-20(24-14-23-19)25-12-10-16-3-1-2-4-18(16)25/h1-8,13-14H,9-12H2,(H2,21,26,27)(H,22,23,24). The Labute approximate surface area is 164 Å². The maximum atomic E-state index is 11.3. The molecule has 7 nitrogen and oxygen atoms in total. The van der Waals surface area contributed by atoms with Gasteiger partial charge in [0.15, 0.2) is 0 Å². The molecule has 28 heavy (non-hydrogen) atoms. The van der Waals surface area contributed by atoms with Crippen molar-refractivity contribution in [1.82, 2.24) is 9.97 Å². The molecular weight excluding hydrogens is 374 g/mol. The maximum absolute atomic E-state index is 11.3. The zero-order chi connectivity index (χ0) is 19.6. The molecule has 0 unspecified atom stereocenters. The smallest absolute Gasteiger partial charge is 0.238 e. The average molecular weight is 395 g/mol. The molecule has 1 aliphatic rings. The zero-order valence-electron chi connectivity index (χ0n) is 15.2. The van der Waals surface area contributed by atoms with Gasteiger partial charge in [-0.15, -0.1) is 0 Å². The Bertz CT molecular complexity index is 1080. The van der Waals surface area contributed by atoms with Crippen molar-refractivity contribution in [3.8, 4) is 0 Å². The third kappa shape index (κ3) is 3.97. The molecule has 3 N–H and O–H groups in total. The molecule has 0 atom stereocenters. The minimum absolute atomic E-state index is 0.121.